The average molecular weight is 429 g/mol. The number of ketones is 1. The molecular formula is C27H30N3O2+. The predicted molar refractivity (Wildman–Crippen MR) is 129 cm³/mol. The zero-order valence-electron chi connectivity index (χ0n) is 18.5. The monoisotopic (exact) mass is 428 g/mol. The number of nitrogens with zero attached hydrogens (tertiary/aromatic N) is 1. The van der Waals surface area contributed by atoms with Crippen LogP contribution in [0.2, 0.25) is 0 Å². The molecule has 1 aliphatic heterocycles. The molecule has 1 heterocycles. The van der Waals surface area contributed by atoms with E-state index >= 15 is 0 Å². The Balaban J connectivity index is 1.30. The third kappa shape index (κ3) is 5.62. The summed E-state index contributed by atoms with van der Waals surface area (Å²) in [5.41, 5.74) is 5.12. The van der Waals surface area contributed by atoms with Crippen molar-refractivity contribution >= 4 is 23.1 Å². The highest BCUT2D eigenvalue weighted by atomic mass is 16.2. The molecule has 0 aliphatic carbocycles. The van der Waals surface area contributed by atoms with Crippen molar-refractivity contribution in [2.24, 2.45) is 0 Å². The van der Waals surface area contributed by atoms with Crippen molar-refractivity contribution in [2.75, 3.05) is 42.9 Å². The van der Waals surface area contributed by atoms with Crippen LogP contribution in [0.25, 0.3) is 0 Å². The van der Waals surface area contributed by atoms with Crippen LogP contribution in [0.4, 0.5) is 11.4 Å². The molecule has 0 aromatic heterocycles. The van der Waals surface area contributed by atoms with E-state index in [1.165, 1.54) is 10.5 Å². The van der Waals surface area contributed by atoms with E-state index in [-0.39, 0.29) is 11.7 Å². The molecule has 0 unspecified atom stereocenters. The first-order chi connectivity index (χ1) is 15.6. The van der Waals surface area contributed by atoms with Crippen LogP contribution in [-0.4, -0.2) is 44.4 Å². The smallest absolute Gasteiger partial charge is 0.279 e. The van der Waals surface area contributed by atoms with Gasteiger partial charge in [-0.15, -0.1) is 0 Å². The van der Waals surface area contributed by atoms with Crippen LogP contribution in [0.5, 0.6) is 0 Å². The highest BCUT2D eigenvalue weighted by Gasteiger charge is 2.22. The highest BCUT2D eigenvalue weighted by Crippen LogP contribution is 2.19. The quantitative estimate of drug-likeness (QED) is 0.569. The van der Waals surface area contributed by atoms with E-state index < -0.39 is 0 Å². The number of piperazine rings is 1. The molecule has 0 saturated carbocycles. The number of Topliss-reactive ketones (excluding diaryl/α,β-unsaturated/α-hetero) is 1. The minimum absolute atomic E-state index is 0.0553. The molecular weight excluding hydrogens is 398 g/mol. The zero-order valence-corrected chi connectivity index (χ0v) is 18.5. The van der Waals surface area contributed by atoms with Crippen molar-refractivity contribution in [3.8, 4) is 0 Å². The number of hydrogen-bond donors (Lipinski definition) is 2. The van der Waals surface area contributed by atoms with Crippen LogP contribution < -0.4 is 15.1 Å². The number of quaternary nitrogens is 1. The molecule has 3 aromatic carbocycles. The van der Waals surface area contributed by atoms with Crippen LogP contribution in [-0.2, 0) is 11.2 Å². The molecule has 0 atom stereocenters. The number of hydrogen-bond acceptors (Lipinski definition) is 3. The largest absolute Gasteiger partial charge is 0.360 e. The molecule has 0 spiro atoms. The number of benzene rings is 3. The summed E-state index contributed by atoms with van der Waals surface area (Å²) in [6.07, 6.45) is 0.797. The van der Waals surface area contributed by atoms with Crippen molar-refractivity contribution in [3.05, 3.63) is 95.6 Å². The van der Waals surface area contributed by atoms with Gasteiger partial charge in [0.15, 0.2) is 12.3 Å². The maximum Gasteiger partial charge on any atom is 0.279 e. The van der Waals surface area contributed by atoms with E-state index in [2.05, 4.69) is 28.4 Å². The Morgan fingerprint density at radius 3 is 2.22 bits per heavy atom. The Kier molecular flexibility index (Phi) is 6.97. The number of nitrogens with one attached hydrogen (secondary N) is 2. The van der Waals surface area contributed by atoms with Gasteiger partial charge in [0.25, 0.3) is 5.91 Å². The molecule has 1 aliphatic rings. The molecule has 5 heteroatoms. The summed E-state index contributed by atoms with van der Waals surface area (Å²) in [4.78, 5) is 27.8. The third-order valence-corrected chi connectivity index (χ3v) is 6.05. The number of anilines is 2. The maximum atomic E-state index is 12.8. The van der Waals surface area contributed by atoms with E-state index in [4.69, 9.17) is 0 Å². The molecule has 3 aromatic rings. The van der Waals surface area contributed by atoms with Crippen molar-refractivity contribution in [1.29, 1.82) is 0 Å². The van der Waals surface area contributed by atoms with Gasteiger partial charge in [0.05, 0.1) is 26.2 Å². The fraction of sp³-hybridized carbons (Fsp3) is 0.259. The fourth-order valence-electron chi connectivity index (χ4n) is 4.20. The van der Waals surface area contributed by atoms with Gasteiger partial charge in [-0.05, 0) is 54.8 Å². The SMILES string of the molecule is CC(=O)c1ccc(N2CC[NH+](CC(=O)Nc3ccccc3Cc3ccccc3)CC2)cc1. The number of rotatable bonds is 7. The Morgan fingerprint density at radius 2 is 1.53 bits per heavy atom. The summed E-state index contributed by atoms with van der Waals surface area (Å²) in [6.45, 7) is 5.67. The lowest BCUT2D eigenvalue weighted by atomic mass is 10.0. The van der Waals surface area contributed by atoms with E-state index in [1.54, 1.807) is 6.92 Å². The Bertz CT molecular complexity index is 1060. The van der Waals surface area contributed by atoms with E-state index in [0.29, 0.717) is 6.54 Å². The third-order valence-electron chi connectivity index (χ3n) is 6.05. The van der Waals surface area contributed by atoms with Gasteiger partial charge in [0.2, 0.25) is 0 Å². The second-order valence-corrected chi connectivity index (χ2v) is 8.38. The second kappa shape index (κ2) is 10.2. The van der Waals surface area contributed by atoms with E-state index in [1.807, 2.05) is 60.7 Å². The second-order valence-electron chi connectivity index (χ2n) is 8.38. The first kappa shape index (κ1) is 21.8. The van der Waals surface area contributed by atoms with Gasteiger partial charge in [0.1, 0.15) is 0 Å². The first-order valence-corrected chi connectivity index (χ1v) is 11.2. The molecule has 5 nitrogen and oxygen atoms in total. The number of carbonyl (C=O) groups excluding carboxylic acids is 2. The van der Waals surface area contributed by atoms with Gasteiger partial charge in [-0.1, -0.05) is 48.5 Å². The lowest BCUT2D eigenvalue weighted by Crippen LogP contribution is -3.15. The minimum Gasteiger partial charge on any atom is -0.360 e. The van der Waals surface area contributed by atoms with Crippen LogP contribution >= 0.6 is 0 Å². The van der Waals surface area contributed by atoms with Crippen molar-refractivity contribution < 1.29 is 14.5 Å². The molecule has 32 heavy (non-hydrogen) atoms. The zero-order chi connectivity index (χ0) is 22.3. The van der Waals surface area contributed by atoms with Gasteiger partial charge in [-0.2, -0.15) is 0 Å². The van der Waals surface area contributed by atoms with Gasteiger partial charge in [0, 0.05) is 16.9 Å². The highest BCUT2D eigenvalue weighted by molar-refractivity contribution is 5.94. The summed E-state index contributed by atoms with van der Waals surface area (Å²) in [6, 6.07) is 26.1. The lowest BCUT2D eigenvalue weighted by Gasteiger charge is -2.33. The van der Waals surface area contributed by atoms with Gasteiger partial charge in [-0.25, -0.2) is 0 Å². The molecule has 4 rings (SSSR count). The van der Waals surface area contributed by atoms with Gasteiger partial charge >= 0.3 is 0 Å². The predicted octanol–water partition coefficient (Wildman–Crippen LogP) is 2.82. The number of amides is 1. The van der Waals surface area contributed by atoms with Crippen LogP contribution in [0.15, 0.2) is 78.9 Å². The van der Waals surface area contributed by atoms with Crippen molar-refractivity contribution in [1.82, 2.24) is 0 Å². The first-order valence-electron chi connectivity index (χ1n) is 11.2. The molecule has 1 fully saturated rings. The van der Waals surface area contributed by atoms with E-state index in [0.717, 1.165) is 55.1 Å². The maximum absolute atomic E-state index is 12.8. The Labute approximate surface area is 189 Å². The Morgan fingerprint density at radius 1 is 0.875 bits per heavy atom. The summed E-state index contributed by atoms with van der Waals surface area (Å²) in [5.74, 6) is 0.141. The number of carbonyl (C=O) groups is 2. The summed E-state index contributed by atoms with van der Waals surface area (Å²) >= 11 is 0. The van der Waals surface area contributed by atoms with Crippen molar-refractivity contribution in [3.63, 3.8) is 0 Å². The molecule has 164 valence electrons. The number of para-hydroxylation sites is 1. The van der Waals surface area contributed by atoms with E-state index in [9.17, 15) is 9.59 Å². The molecule has 1 amide bonds. The topological polar surface area (TPSA) is 53.9 Å². The molecule has 0 bridgehead atoms. The molecule has 2 N–H and O–H groups in total. The minimum atomic E-state index is 0.0553. The summed E-state index contributed by atoms with van der Waals surface area (Å²) in [7, 11) is 0. The summed E-state index contributed by atoms with van der Waals surface area (Å²) < 4.78 is 0. The molecule has 1 saturated heterocycles. The Hall–Kier alpha value is -3.44. The summed E-state index contributed by atoms with van der Waals surface area (Å²) in [5, 5.41) is 3.13. The normalized spacial score (nSPS) is 14.2. The van der Waals surface area contributed by atoms with Crippen LogP contribution in [0, 0.1) is 0 Å². The average Bonchev–Trinajstić information content (AvgIpc) is 2.81. The lowest BCUT2D eigenvalue weighted by molar-refractivity contribution is -0.892. The standard InChI is InChI=1S/C27H29N3O2/c1-21(31)23-11-13-25(14-12-23)30-17-15-29(16-18-30)20-27(32)28-26-10-6-5-9-24(26)19-22-7-3-2-4-8-22/h2-14H,15-20H2,1H3,(H,28,32)/p+1. The fourth-order valence-corrected chi connectivity index (χ4v) is 4.20. The van der Waals surface area contributed by atoms with Crippen molar-refractivity contribution in [2.45, 2.75) is 13.3 Å². The van der Waals surface area contributed by atoms with Gasteiger partial charge in [-0.3, -0.25) is 9.59 Å². The van der Waals surface area contributed by atoms with Crippen LogP contribution in [0.3, 0.4) is 0 Å². The van der Waals surface area contributed by atoms with Gasteiger partial charge < -0.3 is 15.1 Å². The molecule has 0 radical (unpaired) electrons. The van der Waals surface area contributed by atoms with Crippen LogP contribution in [0.1, 0.15) is 28.4 Å².